The van der Waals surface area contributed by atoms with Crippen molar-refractivity contribution in [2.45, 2.75) is 31.5 Å². The Labute approximate surface area is 91.3 Å². The molecule has 0 spiro atoms. The lowest BCUT2D eigenvalue weighted by Crippen LogP contribution is -2.33. The monoisotopic (exact) mass is 202 g/mol. The average molecular weight is 202 g/mol. The molecule has 0 saturated carbocycles. The third-order valence-electron chi connectivity index (χ3n) is 3.74. The summed E-state index contributed by atoms with van der Waals surface area (Å²) in [6.45, 7) is 3.60. The number of likely N-dealkylation sites (tertiary alicyclic amines) is 1. The second-order valence-corrected chi connectivity index (χ2v) is 4.66. The summed E-state index contributed by atoms with van der Waals surface area (Å²) in [5.41, 5.74) is 1.45. The lowest BCUT2D eigenvalue weighted by molar-refractivity contribution is 0.245. The van der Waals surface area contributed by atoms with Gasteiger partial charge in [-0.1, -0.05) is 30.3 Å². The van der Waals surface area contributed by atoms with Gasteiger partial charge in [0.05, 0.1) is 0 Å². The van der Waals surface area contributed by atoms with Crippen molar-refractivity contribution in [3.8, 4) is 0 Å². The molecule has 0 amide bonds. The summed E-state index contributed by atoms with van der Waals surface area (Å²) in [5.74, 6) is 0. The van der Waals surface area contributed by atoms with E-state index in [1.165, 1.54) is 31.5 Å². The van der Waals surface area contributed by atoms with Gasteiger partial charge in [-0.2, -0.15) is 0 Å². The van der Waals surface area contributed by atoms with Gasteiger partial charge in [-0.25, -0.2) is 0 Å². The standard InChI is InChI=1S/C13H18N2/c1-2-4-11(5-3-1)10-15-9-7-12-13(15)6-8-14-12/h1-5,12-14H,6-10H2. The topological polar surface area (TPSA) is 15.3 Å². The zero-order chi connectivity index (χ0) is 10.1. The maximum absolute atomic E-state index is 3.59. The van der Waals surface area contributed by atoms with Crippen LogP contribution in [0.1, 0.15) is 18.4 Å². The fraction of sp³-hybridized carbons (Fsp3) is 0.538. The molecule has 80 valence electrons. The van der Waals surface area contributed by atoms with Crippen LogP contribution in [-0.4, -0.2) is 30.1 Å². The van der Waals surface area contributed by atoms with Crippen LogP contribution in [-0.2, 0) is 6.54 Å². The lowest BCUT2D eigenvalue weighted by Gasteiger charge is -2.22. The molecule has 2 aliphatic heterocycles. The first kappa shape index (κ1) is 9.37. The molecule has 2 heterocycles. The molecule has 15 heavy (non-hydrogen) atoms. The molecule has 2 atom stereocenters. The Morgan fingerprint density at radius 1 is 1.20 bits per heavy atom. The zero-order valence-corrected chi connectivity index (χ0v) is 9.02. The predicted octanol–water partition coefficient (Wildman–Crippen LogP) is 1.62. The van der Waals surface area contributed by atoms with E-state index in [-0.39, 0.29) is 0 Å². The Balaban J connectivity index is 1.69. The Morgan fingerprint density at radius 2 is 2.07 bits per heavy atom. The Hall–Kier alpha value is -0.860. The summed E-state index contributed by atoms with van der Waals surface area (Å²) >= 11 is 0. The SMILES string of the molecule is c1ccc(CN2CCC3NCCC32)cc1. The van der Waals surface area contributed by atoms with Gasteiger partial charge in [0.25, 0.3) is 0 Å². The van der Waals surface area contributed by atoms with Gasteiger partial charge in [-0.15, -0.1) is 0 Å². The van der Waals surface area contributed by atoms with E-state index in [1.807, 2.05) is 0 Å². The fourth-order valence-corrected chi connectivity index (χ4v) is 2.97. The molecule has 0 aliphatic carbocycles. The highest BCUT2D eigenvalue weighted by Gasteiger charge is 2.36. The number of fused-ring (bicyclic) bond motifs is 1. The number of hydrogen-bond acceptors (Lipinski definition) is 2. The smallest absolute Gasteiger partial charge is 0.0265 e. The first-order valence-electron chi connectivity index (χ1n) is 5.95. The number of hydrogen-bond donors (Lipinski definition) is 1. The first-order chi connectivity index (χ1) is 7.43. The predicted molar refractivity (Wildman–Crippen MR) is 61.7 cm³/mol. The molecule has 0 radical (unpaired) electrons. The highest BCUT2D eigenvalue weighted by atomic mass is 15.2. The van der Waals surface area contributed by atoms with Gasteiger partial charge in [-0.3, -0.25) is 4.90 Å². The highest BCUT2D eigenvalue weighted by Crippen LogP contribution is 2.26. The van der Waals surface area contributed by atoms with Gasteiger partial charge in [0.15, 0.2) is 0 Å². The van der Waals surface area contributed by atoms with Gasteiger partial charge in [0.1, 0.15) is 0 Å². The van der Waals surface area contributed by atoms with Crippen molar-refractivity contribution in [3.63, 3.8) is 0 Å². The van der Waals surface area contributed by atoms with E-state index in [4.69, 9.17) is 0 Å². The summed E-state index contributed by atoms with van der Waals surface area (Å²) in [6, 6.07) is 12.4. The average Bonchev–Trinajstić information content (AvgIpc) is 2.85. The van der Waals surface area contributed by atoms with Crippen LogP contribution in [0.15, 0.2) is 30.3 Å². The molecule has 2 heteroatoms. The molecular weight excluding hydrogens is 184 g/mol. The molecule has 3 rings (SSSR count). The van der Waals surface area contributed by atoms with Gasteiger partial charge in [-0.05, 0) is 24.9 Å². The largest absolute Gasteiger partial charge is 0.312 e. The lowest BCUT2D eigenvalue weighted by atomic mass is 10.1. The molecule has 2 aliphatic rings. The van der Waals surface area contributed by atoms with E-state index >= 15 is 0 Å². The number of nitrogens with zero attached hydrogens (tertiary/aromatic N) is 1. The highest BCUT2D eigenvalue weighted by molar-refractivity contribution is 5.15. The first-order valence-corrected chi connectivity index (χ1v) is 5.95. The van der Waals surface area contributed by atoms with Crippen LogP contribution in [0.5, 0.6) is 0 Å². The van der Waals surface area contributed by atoms with Gasteiger partial charge >= 0.3 is 0 Å². The van der Waals surface area contributed by atoms with Crippen molar-refractivity contribution in [3.05, 3.63) is 35.9 Å². The van der Waals surface area contributed by atoms with Gasteiger partial charge in [0.2, 0.25) is 0 Å². The van der Waals surface area contributed by atoms with Gasteiger partial charge in [0, 0.05) is 25.2 Å². The summed E-state index contributed by atoms with van der Waals surface area (Å²) in [7, 11) is 0. The molecule has 2 saturated heterocycles. The minimum Gasteiger partial charge on any atom is -0.312 e. The summed E-state index contributed by atoms with van der Waals surface area (Å²) in [4.78, 5) is 2.64. The maximum atomic E-state index is 3.59. The van der Waals surface area contributed by atoms with E-state index in [1.54, 1.807) is 0 Å². The molecule has 2 fully saturated rings. The summed E-state index contributed by atoms with van der Waals surface area (Å²) < 4.78 is 0. The van der Waals surface area contributed by atoms with Crippen molar-refractivity contribution in [2.24, 2.45) is 0 Å². The van der Waals surface area contributed by atoms with Crippen molar-refractivity contribution < 1.29 is 0 Å². The van der Waals surface area contributed by atoms with Crippen molar-refractivity contribution in [1.82, 2.24) is 10.2 Å². The molecule has 0 aromatic heterocycles. The molecule has 0 bridgehead atoms. The molecule has 1 aromatic rings. The van der Waals surface area contributed by atoms with Crippen LogP contribution in [0.4, 0.5) is 0 Å². The fourth-order valence-electron chi connectivity index (χ4n) is 2.97. The van der Waals surface area contributed by atoms with E-state index < -0.39 is 0 Å². The summed E-state index contributed by atoms with van der Waals surface area (Å²) in [5, 5.41) is 3.59. The van der Waals surface area contributed by atoms with E-state index in [0.717, 1.165) is 18.6 Å². The quantitative estimate of drug-likeness (QED) is 0.784. The molecule has 1 aromatic carbocycles. The normalized spacial score (nSPS) is 30.7. The Morgan fingerprint density at radius 3 is 2.93 bits per heavy atom. The molecule has 2 nitrogen and oxygen atoms in total. The second-order valence-electron chi connectivity index (χ2n) is 4.66. The minimum atomic E-state index is 0.772. The van der Waals surface area contributed by atoms with Crippen LogP contribution in [0, 0.1) is 0 Å². The Kier molecular flexibility index (Phi) is 2.47. The third kappa shape index (κ3) is 1.80. The molecular formula is C13H18N2. The van der Waals surface area contributed by atoms with Crippen LogP contribution in [0.3, 0.4) is 0 Å². The van der Waals surface area contributed by atoms with E-state index in [9.17, 15) is 0 Å². The van der Waals surface area contributed by atoms with Crippen molar-refractivity contribution in [1.29, 1.82) is 0 Å². The van der Waals surface area contributed by atoms with E-state index in [0.29, 0.717) is 0 Å². The Bertz CT molecular complexity index is 323. The number of benzene rings is 1. The number of nitrogens with one attached hydrogen (secondary N) is 1. The molecule has 2 unspecified atom stereocenters. The van der Waals surface area contributed by atoms with Crippen molar-refractivity contribution in [2.75, 3.05) is 13.1 Å². The molecule has 1 N–H and O–H groups in total. The van der Waals surface area contributed by atoms with Crippen molar-refractivity contribution >= 4 is 0 Å². The second kappa shape index (κ2) is 3.95. The van der Waals surface area contributed by atoms with Crippen LogP contribution in [0.2, 0.25) is 0 Å². The third-order valence-corrected chi connectivity index (χ3v) is 3.74. The van der Waals surface area contributed by atoms with Gasteiger partial charge < -0.3 is 5.32 Å². The van der Waals surface area contributed by atoms with Crippen LogP contribution in [0.25, 0.3) is 0 Å². The maximum Gasteiger partial charge on any atom is 0.0265 e. The number of rotatable bonds is 2. The zero-order valence-electron chi connectivity index (χ0n) is 9.02. The summed E-state index contributed by atoms with van der Waals surface area (Å²) in [6.07, 6.45) is 2.66. The minimum absolute atomic E-state index is 0.772. The van der Waals surface area contributed by atoms with Crippen LogP contribution < -0.4 is 5.32 Å². The van der Waals surface area contributed by atoms with Crippen LogP contribution >= 0.6 is 0 Å². The van der Waals surface area contributed by atoms with E-state index in [2.05, 4.69) is 40.5 Å².